The molecule has 2 aromatic rings. The van der Waals surface area contributed by atoms with Crippen LogP contribution < -0.4 is 4.74 Å². The van der Waals surface area contributed by atoms with E-state index in [1.807, 2.05) is 43.3 Å². The standard InChI is InChI=1S/C13H12NO/c1-10-12(8-9-13(14-10)15-2)11-6-4-3-5-7-11/h4-9H,1-2H3. The summed E-state index contributed by atoms with van der Waals surface area (Å²) in [5.41, 5.74) is 3.26. The van der Waals surface area contributed by atoms with Gasteiger partial charge in [0.05, 0.1) is 7.11 Å². The molecule has 0 fully saturated rings. The van der Waals surface area contributed by atoms with Crippen molar-refractivity contribution in [2.75, 3.05) is 7.11 Å². The molecule has 0 amide bonds. The average Bonchev–Trinajstić information content (AvgIpc) is 2.30. The highest BCUT2D eigenvalue weighted by Gasteiger charge is 2.03. The van der Waals surface area contributed by atoms with E-state index in [1.54, 1.807) is 7.11 Å². The molecule has 0 bridgehead atoms. The van der Waals surface area contributed by atoms with Crippen LogP contribution in [0.2, 0.25) is 0 Å². The summed E-state index contributed by atoms with van der Waals surface area (Å²) >= 11 is 0. The van der Waals surface area contributed by atoms with Crippen molar-refractivity contribution in [2.45, 2.75) is 6.92 Å². The Hall–Kier alpha value is -1.83. The minimum atomic E-state index is 0.652. The lowest BCUT2D eigenvalue weighted by Crippen LogP contribution is -1.92. The second-order valence-corrected chi connectivity index (χ2v) is 3.28. The highest BCUT2D eigenvalue weighted by molar-refractivity contribution is 5.65. The van der Waals surface area contributed by atoms with Gasteiger partial charge in [0.15, 0.2) is 0 Å². The zero-order valence-electron chi connectivity index (χ0n) is 8.82. The molecule has 1 aromatic heterocycles. The molecule has 2 heteroatoms. The summed E-state index contributed by atoms with van der Waals surface area (Å²) in [6, 6.07) is 14.7. The maximum atomic E-state index is 5.07. The van der Waals surface area contributed by atoms with E-state index in [2.05, 4.69) is 11.1 Å². The predicted octanol–water partition coefficient (Wildman–Crippen LogP) is 2.87. The first kappa shape index (κ1) is 9.71. The van der Waals surface area contributed by atoms with Gasteiger partial charge in [-0.05, 0) is 24.6 Å². The van der Waals surface area contributed by atoms with Crippen molar-refractivity contribution in [1.82, 2.24) is 4.98 Å². The molecule has 1 radical (unpaired) electrons. The fraction of sp³-hybridized carbons (Fsp3) is 0.154. The summed E-state index contributed by atoms with van der Waals surface area (Å²) < 4.78 is 5.07. The zero-order valence-corrected chi connectivity index (χ0v) is 8.82. The largest absolute Gasteiger partial charge is 0.481 e. The lowest BCUT2D eigenvalue weighted by atomic mass is 10.1. The van der Waals surface area contributed by atoms with Crippen molar-refractivity contribution in [2.24, 2.45) is 0 Å². The molecule has 0 aliphatic carbocycles. The van der Waals surface area contributed by atoms with Crippen LogP contribution in [0.5, 0.6) is 5.88 Å². The number of rotatable bonds is 2. The number of methoxy groups -OCH3 is 1. The van der Waals surface area contributed by atoms with Crippen LogP contribution in [0.4, 0.5) is 0 Å². The quantitative estimate of drug-likeness (QED) is 0.740. The molecule has 0 unspecified atom stereocenters. The van der Waals surface area contributed by atoms with Crippen molar-refractivity contribution in [1.29, 1.82) is 0 Å². The maximum absolute atomic E-state index is 5.07. The number of benzene rings is 1. The molecule has 0 N–H and O–H groups in total. The highest BCUT2D eigenvalue weighted by Crippen LogP contribution is 2.23. The SMILES string of the molecule is COc1ccc(-c2cc[c]cc2)c(C)n1. The van der Waals surface area contributed by atoms with Crippen molar-refractivity contribution in [3.63, 3.8) is 0 Å². The fourth-order valence-electron chi connectivity index (χ4n) is 1.52. The fourth-order valence-corrected chi connectivity index (χ4v) is 1.52. The molecule has 75 valence electrons. The van der Waals surface area contributed by atoms with Gasteiger partial charge in [-0.25, -0.2) is 4.98 Å². The van der Waals surface area contributed by atoms with Gasteiger partial charge in [0.1, 0.15) is 0 Å². The van der Waals surface area contributed by atoms with Gasteiger partial charge in [0.2, 0.25) is 5.88 Å². The van der Waals surface area contributed by atoms with Crippen LogP contribution in [0.15, 0.2) is 36.4 Å². The Balaban J connectivity index is 2.46. The number of aromatic nitrogens is 1. The van der Waals surface area contributed by atoms with Gasteiger partial charge in [-0.2, -0.15) is 0 Å². The Bertz CT molecular complexity index is 451. The molecular formula is C13H12NO. The molecule has 0 saturated heterocycles. The minimum Gasteiger partial charge on any atom is -0.481 e. The van der Waals surface area contributed by atoms with E-state index >= 15 is 0 Å². The molecule has 0 spiro atoms. The van der Waals surface area contributed by atoms with Crippen LogP contribution in [0.25, 0.3) is 11.1 Å². The third kappa shape index (κ3) is 1.99. The summed E-state index contributed by atoms with van der Waals surface area (Å²) in [6.45, 7) is 1.98. The average molecular weight is 198 g/mol. The summed E-state index contributed by atoms with van der Waals surface area (Å²) in [4.78, 5) is 4.34. The van der Waals surface area contributed by atoms with Crippen LogP contribution in [0.1, 0.15) is 5.69 Å². The van der Waals surface area contributed by atoms with E-state index < -0.39 is 0 Å². The van der Waals surface area contributed by atoms with E-state index in [1.165, 1.54) is 0 Å². The van der Waals surface area contributed by atoms with Crippen LogP contribution in [0.3, 0.4) is 0 Å². The van der Waals surface area contributed by atoms with Gasteiger partial charge >= 0.3 is 0 Å². The zero-order chi connectivity index (χ0) is 10.7. The van der Waals surface area contributed by atoms with Gasteiger partial charge in [0.25, 0.3) is 0 Å². The predicted molar refractivity (Wildman–Crippen MR) is 59.8 cm³/mol. The topological polar surface area (TPSA) is 22.1 Å². The Labute approximate surface area is 89.6 Å². The van der Waals surface area contributed by atoms with Gasteiger partial charge in [-0.3, -0.25) is 0 Å². The first-order valence-corrected chi connectivity index (χ1v) is 4.79. The van der Waals surface area contributed by atoms with Crippen LogP contribution in [0, 0.1) is 13.0 Å². The van der Waals surface area contributed by atoms with E-state index in [9.17, 15) is 0 Å². The number of pyridine rings is 1. The minimum absolute atomic E-state index is 0.652. The molecular weight excluding hydrogens is 186 g/mol. The second-order valence-electron chi connectivity index (χ2n) is 3.28. The van der Waals surface area contributed by atoms with E-state index in [0.717, 1.165) is 16.8 Å². The Morgan fingerprint density at radius 2 is 1.87 bits per heavy atom. The number of nitrogens with zero attached hydrogens (tertiary/aromatic N) is 1. The Morgan fingerprint density at radius 1 is 1.13 bits per heavy atom. The van der Waals surface area contributed by atoms with Gasteiger partial charge < -0.3 is 4.74 Å². The first-order valence-electron chi connectivity index (χ1n) is 4.79. The summed E-state index contributed by atoms with van der Waals surface area (Å²) in [5.74, 6) is 0.652. The Morgan fingerprint density at radius 3 is 2.47 bits per heavy atom. The highest BCUT2D eigenvalue weighted by atomic mass is 16.5. The lowest BCUT2D eigenvalue weighted by molar-refractivity contribution is 0.397. The second kappa shape index (κ2) is 4.13. The number of hydrogen-bond acceptors (Lipinski definition) is 2. The van der Waals surface area contributed by atoms with Crippen molar-refractivity contribution < 1.29 is 4.74 Å². The van der Waals surface area contributed by atoms with Crippen molar-refractivity contribution in [3.8, 4) is 17.0 Å². The van der Waals surface area contributed by atoms with E-state index in [0.29, 0.717) is 5.88 Å². The van der Waals surface area contributed by atoms with Crippen LogP contribution in [-0.4, -0.2) is 12.1 Å². The third-order valence-electron chi connectivity index (χ3n) is 2.30. The number of aryl methyl sites for hydroxylation is 1. The van der Waals surface area contributed by atoms with Crippen molar-refractivity contribution in [3.05, 3.63) is 48.2 Å². The molecule has 2 nitrogen and oxygen atoms in total. The molecule has 0 atom stereocenters. The molecule has 15 heavy (non-hydrogen) atoms. The summed E-state index contributed by atoms with van der Waals surface area (Å²) in [7, 11) is 1.62. The molecule has 1 heterocycles. The first-order chi connectivity index (χ1) is 7.31. The lowest BCUT2D eigenvalue weighted by Gasteiger charge is -2.06. The van der Waals surface area contributed by atoms with E-state index in [-0.39, 0.29) is 0 Å². The third-order valence-corrected chi connectivity index (χ3v) is 2.30. The van der Waals surface area contributed by atoms with Crippen LogP contribution in [-0.2, 0) is 0 Å². The molecule has 0 aliphatic heterocycles. The molecule has 0 aliphatic rings. The molecule has 0 saturated carbocycles. The van der Waals surface area contributed by atoms with Crippen LogP contribution >= 0.6 is 0 Å². The maximum Gasteiger partial charge on any atom is 0.213 e. The normalized spacial score (nSPS) is 10.0. The van der Waals surface area contributed by atoms with Gasteiger partial charge in [-0.15, -0.1) is 0 Å². The Kier molecular flexibility index (Phi) is 2.68. The van der Waals surface area contributed by atoms with Gasteiger partial charge in [-0.1, -0.05) is 24.3 Å². The molecule has 1 aromatic carbocycles. The van der Waals surface area contributed by atoms with Crippen molar-refractivity contribution >= 4 is 0 Å². The monoisotopic (exact) mass is 198 g/mol. The number of ether oxygens (including phenoxy) is 1. The molecule has 2 rings (SSSR count). The van der Waals surface area contributed by atoms with Gasteiger partial charge in [0, 0.05) is 17.3 Å². The summed E-state index contributed by atoms with van der Waals surface area (Å²) in [6.07, 6.45) is 0. The smallest absolute Gasteiger partial charge is 0.213 e. The van der Waals surface area contributed by atoms with E-state index in [4.69, 9.17) is 4.74 Å². The summed E-state index contributed by atoms with van der Waals surface area (Å²) in [5, 5.41) is 0. The number of hydrogen-bond donors (Lipinski definition) is 0.